The van der Waals surface area contributed by atoms with Crippen LogP contribution < -0.4 is 5.32 Å². The number of anilines is 1. The SMILES string of the molecule is Cc1cccc2[nH]c(O)c(C=Nc3ccc(NCCc4ccccn4)c(C(F)(F)F)c3)c12. The van der Waals surface area contributed by atoms with Crippen LogP contribution in [-0.2, 0) is 12.6 Å². The zero-order valence-electron chi connectivity index (χ0n) is 17.2. The van der Waals surface area contributed by atoms with Crippen molar-refractivity contribution in [1.29, 1.82) is 0 Å². The van der Waals surface area contributed by atoms with Crippen LogP contribution in [0.5, 0.6) is 5.88 Å². The number of halogens is 3. The highest BCUT2D eigenvalue weighted by Crippen LogP contribution is 2.37. The number of aromatic amines is 1. The Hall–Kier alpha value is -3.81. The van der Waals surface area contributed by atoms with E-state index in [0.29, 0.717) is 18.5 Å². The third-order valence-electron chi connectivity index (χ3n) is 5.12. The van der Waals surface area contributed by atoms with Gasteiger partial charge in [0.1, 0.15) is 0 Å². The van der Waals surface area contributed by atoms with Gasteiger partial charge in [0.05, 0.1) is 16.8 Å². The Balaban J connectivity index is 1.59. The number of alkyl halides is 3. The van der Waals surface area contributed by atoms with E-state index in [2.05, 4.69) is 20.3 Å². The molecule has 0 aliphatic rings. The van der Waals surface area contributed by atoms with Crippen LogP contribution in [0.15, 0.2) is 65.8 Å². The number of H-pyrrole nitrogens is 1. The second-order valence-electron chi connectivity index (χ2n) is 7.37. The number of aromatic nitrogens is 2. The topological polar surface area (TPSA) is 73.3 Å². The first-order valence-corrected chi connectivity index (χ1v) is 10.0. The zero-order valence-corrected chi connectivity index (χ0v) is 17.2. The number of hydrogen-bond donors (Lipinski definition) is 3. The van der Waals surface area contributed by atoms with Crippen LogP contribution >= 0.6 is 0 Å². The molecule has 0 atom stereocenters. The molecule has 5 nitrogen and oxygen atoms in total. The highest BCUT2D eigenvalue weighted by atomic mass is 19.4. The van der Waals surface area contributed by atoms with Gasteiger partial charge in [-0.3, -0.25) is 9.98 Å². The van der Waals surface area contributed by atoms with Crippen molar-refractivity contribution in [3.63, 3.8) is 0 Å². The molecule has 0 fully saturated rings. The maximum atomic E-state index is 13.7. The van der Waals surface area contributed by atoms with Gasteiger partial charge in [-0.05, 0) is 48.9 Å². The summed E-state index contributed by atoms with van der Waals surface area (Å²) >= 11 is 0. The molecule has 0 amide bonds. The van der Waals surface area contributed by atoms with Gasteiger partial charge in [0.15, 0.2) is 5.88 Å². The van der Waals surface area contributed by atoms with Crippen molar-refractivity contribution < 1.29 is 18.3 Å². The second-order valence-corrected chi connectivity index (χ2v) is 7.37. The lowest BCUT2D eigenvalue weighted by atomic mass is 10.1. The fraction of sp³-hybridized carbons (Fsp3) is 0.167. The van der Waals surface area contributed by atoms with Gasteiger partial charge in [-0.1, -0.05) is 18.2 Å². The van der Waals surface area contributed by atoms with Gasteiger partial charge in [0.2, 0.25) is 0 Å². The number of aryl methyl sites for hydroxylation is 1. The lowest BCUT2D eigenvalue weighted by Crippen LogP contribution is -2.13. The fourth-order valence-electron chi connectivity index (χ4n) is 3.58. The average molecular weight is 438 g/mol. The maximum Gasteiger partial charge on any atom is 0.418 e. The lowest BCUT2D eigenvalue weighted by Gasteiger charge is -2.15. The predicted molar refractivity (Wildman–Crippen MR) is 120 cm³/mol. The van der Waals surface area contributed by atoms with Crippen molar-refractivity contribution in [3.8, 4) is 5.88 Å². The number of benzene rings is 2. The molecule has 3 N–H and O–H groups in total. The van der Waals surface area contributed by atoms with E-state index in [1.165, 1.54) is 18.3 Å². The number of aromatic hydroxyl groups is 1. The molecular formula is C24H21F3N4O. The molecule has 2 heterocycles. The number of nitrogens with one attached hydrogen (secondary N) is 2. The molecule has 4 rings (SSSR count). The Bertz CT molecular complexity index is 1260. The van der Waals surface area contributed by atoms with Gasteiger partial charge in [0.25, 0.3) is 0 Å². The fourth-order valence-corrected chi connectivity index (χ4v) is 3.58. The minimum Gasteiger partial charge on any atom is -0.494 e. The summed E-state index contributed by atoms with van der Waals surface area (Å²) in [7, 11) is 0. The van der Waals surface area contributed by atoms with Crippen molar-refractivity contribution in [2.24, 2.45) is 4.99 Å². The van der Waals surface area contributed by atoms with Crippen molar-refractivity contribution in [3.05, 3.63) is 83.2 Å². The number of aliphatic imine (C=N–C) groups is 1. The third kappa shape index (κ3) is 4.59. The number of hydrogen-bond acceptors (Lipinski definition) is 4. The van der Waals surface area contributed by atoms with Crippen LogP contribution in [0.2, 0.25) is 0 Å². The monoisotopic (exact) mass is 438 g/mol. The van der Waals surface area contributed by atoms with E-state index < -0.39 is 11.7 Å². The number of nitrogens with zero attached hydrogens (tertiary/aromatic N) is 2. The summed E-state index contributed by atoms with van der Waals surface area (Å²) in [5.74, 6) is -0.0816. The van der Waals surface area contributed by atoms with Crippen molar-refractivity contribution >= 4 is 28.5 Å². The minimum absolute atomic E-state index is 0.0156. The van der Waals surface area contributed by atoms with Crippen LogP contribution in [0.25, 0.3) is 10.9 Å². The van der Waals surface area contributed by atoms with Crippen LogP contribution in [0, 0.1) is 6.92 Å². The van der Waals surface area contributed by atoms with Crippen molar-refractivity contribution in [2.75, 3.05) is 11.9 Å². The Labute approximate surface area is 182 Å². The molecule has 2 aromatic heterocycles. The first kappa shape index (κ1) is 21.4. The zero-order chi connectivity index (χ0) is 22.7. The molecule has 0 saturated heterocycles. The van der Waals surface area contributed by atoms with Gasteiger partial charge in [-0.25, -0.2) is 0 Å². The summed E-state index contributed by atoms with van der Waals surface area (Å²) in [5, 5.41) is 13.8. The smallest absolute Gasteiger partial charge is 0.418 e. The molecule has 0 radical (unpaired) electrons. The van der Waals surface area contributed by atoms with E-state index in [1.807, 2.05) is 37.3 Å². The summed E-state index contributed by atoms with van der Waals surface area (Å²) in [6, 6.07) is 14.9. The Morgan fingerprint density at radius 2 is 1.97 bits per heavy atom. The van der Waals surface area contributed by atoms with Crippen LogP contribution in [0.1, 0.15) is 22.4 Å². The van der Waals surface area contributed by atoms with Gasteiger partial charge in [-0.15, -0.1) is 0 Å². The number of pyridine rings is 1. The molecule has 32 heavy (non-hydrogen) atoms. The summed E-state index contributed by atoms with van der Waals surface area (Å²) in [6.07, 6.45) is -1.02. The first-order chi connectivity index (χ1) is 15.3. The Morgan fingerprint density at radius 1 is 1.12 bits per heavy atom. The Kier molecular flexibility index (Phi) is 5.85. The standard InChI is InChI=1S/C24H21F3N4O/c1-15-5-4-7-21-22(15)18(23(32)31-21)14-30-17-8-9-20(19(13-17)24(25,26)27)29-12-10-16-6-2-3-11-28-16/h2-9,11,13-14,29,31-32H,10,12H2,1H3. The highest BCUT2D eigenvalue weighted by Gasteiger charge is 2.33. The summed E-state index contributed by atoms with van der Waals surface area (Å²) in [4.78, 5) is 11.2. The maximum absolute atomic E-state index is 13.7. The lowest BCUT2D eigenvalue weighted by molar-refractivity contribution is -0.136. The van der Waals surface area contributed by atoms with E-state index in [4.69, 9.17) is 0 Å². The second kappa shape index (κ2) is 8.74. The molecule has 2 aromatic carbocycles. The van der Waals surface area contributed by atoms with E-state index in [1.54, 1.807) is 12.3 Å². The van der Waals surface area contributed by atoms with Crippen LogP contribution in [0.4, 0.5) is 24.5 Å². The van der Waals surface area contributed by atoms with Gasteiger partial charge in [0, 0.05) is 47.7 Å². The van der Waals surface area contributed by atoms with Crippen LogP contribution in [0.3, 0.4) is 0 Å². The molecular weight excluding hydrogens is 417 g/mol. The molecule has 0 aliphatic carbocycles. The largest absolute Gasteiger partial charge is 0.494 e. The summed E-state index contributed by atoms with van der Waals surface area (Å²) in [5.41, 5.74) is 2.20. The number of rotatable bonds is 6. The predicted octanol–water partition coefficient (Wildman–Crippen LogP) is 6.00. The quantitative estimate of drug-likeness (QED) is 0.323. The van der Waals surface area contributed by atoms with E-state index >= 15 is 0 Å². The molecule has 0 spiro atoms. The molecule has 0 aliphatic heterocycles. The molecule has 164 valence electrons. The first-order valence-electron chi connectivity index (χ1n) is 10.0. The van der Waals surface area contributed by atoms with E-state index in [0.717, 1.165) is 28.2 Å². The van der Waals surface area contributed by atoms with Gasteiger partial charge < -0.3 is 15.4 Å². The van der Waals surface area contributed by atoms with Gasteiger partial charge >= 0.3 is 6.18 Å². The number of fused-ring (bicyclic) bond motifs is 1. The van der Waals surface area contributed by atoms with E-state index in [-0.39, 0.29) is 17.3 Å². The van der Waals surface area contributed by atoms with Crippen molar-refractivity contribution in [2.45, 2.75) is 19.5 Å². The summed E-state index contributed by atoms with van der Waals surface area (Å²) < 4.78 is 41.0. The van der Waals surface area contributed by atoms with Gasteiger partial charge in [-0.2, -0.15) is 13.2 Å². The molecule has 0 saturated carbocycles. The molecule has 8 heteroatoms. The minimum atomic E-state index is -4.54. The average Bonchev–Trinajstić information content (AvgIpc) is 3.09. The molecule has 0 bridgehead atoms. The third-order valence-corrected chi connectivity index (χ3v) is 5.12. The van der Waals surface area contributed by atoms with Crippen molar-refractivity contribution in [1.82, 2.24) is 9.97 Å². The van der Waals surface area contributed by atoms with Crippen LogP contribution in [-0.4, -0.2) is 27.8 Å². The van der Waals surface area contributed by atoms with E-state index in [9.17, 15) is 18.3 Å². The summed E-state index contributed by atoms with van der Waals surface area (Å²) in [6.45, 7) is 2.20. The molecule has 4 aromatic rings. The highest BCUT2D eigenvalue weighted by molar-refractivity contribution is 6.04. The Morgan fingerprint density at radius 3 is 2.72 bits per heavy atom. The normalized spacial score (nSPS) is 12.0. The molecule has 0 unspecified atom stereocenters.